The Morgan fingerprint density at radius 1 is 1.31 bits per heavy atom. The highest BCUT2D eigenvalue weighted by atomic mass is 15.3. The molecule has 0 amide bonds. The Hall–Kier alpha value is -1.42. The molecule has 2 aromatic heterocycles. The number of hydrogen-bond donors (Lipinski definition) is 1. The molecule has 2 aromatic rings. The molecule has 2 atom stereocenters. The average molecular weight is 218 g/mol. The second-order valence-corrected chi connectivity index (χ2v) is 4.35. The van der Waals surface area contributed by atoms with Gasteiger partial charge in [0.25, 0.3) is 0 Å². The Morgan fingerprint density at radius 2 is 2.06 bits per heavy atom. The van der Waals surface area contributed by atoms with E-state index in [4.69, 9.17) is 0 Å². The zero-order chi connectivity index (χ0) is 11.7. The van der Waals surface area contributed by atoms with Crippen LogP contribution >= 0.6 is 0 Å². The summed E-state index contributed by atoms with van der Waals surface area (Å²) in [5.41, 5.74) is 3.35. The molecule has 2 heterocycles. The Labute approximate surface area is 95.7 Å². The number of nitrogens with zero attached hydrogens (tertiary/aromatic N) is 3. The normalized spacial score (nSPS) is 15.2. The number of aryl methyl sites for hydroxylation is 1. The number of likely N-dealkylation sites (N-methyl/N-ethyl adjacent to an activating group) is 1. The van der Waals surface area contributed by atoms with E-state index in [0.717, 1.165) is 5.65 Å². The standard InChI is InChI=1S/C12H18N4/c1-8-5-11(9(2)10(3)13-4)16-12(6-8)14-7-15-16/h5-7,9-10,13H,1-4H3. The van der Waals surface area contributed by atoms with Crippen molar-refractivity contribution >= 4 is 5.65 Å². The zero-order valence-electron chi connectivity index (χ0n) is 10.2. The molecule has 2 rings (SSSR count). The van der Waals surface area contributed by atoms with E-state index in [1.54, 1.807) is 6.33 Å². The number of fused-ring (bicyclic) bond motifs is 1. The van der Waals surface area contributed by atoms with Gasteiger partial charge in [0, 0.05) is 17.7 Å². The van der Waals surface area contributed by atoms with Gasteiger partial charge in [-0.1, -0.05) is 6.92 Å². The zero-order valence-corrected chi connectivity index (χ0v) is 10.2. The van der Waals surface area contributed by atoms with Crippen molar-refractivity contribution in [2.45, 2.75) is 32.7 Å². The maximum atomic E-state index is 4.28. The fraction of sp³-hybridized carbons (Fsp3) is 0.500. The lowest BCUT2D eigenvalue weighted by molar-refractivity contribution is 0.506. The number of aromatic nitrogens is 3. The van der Waals surface area contributed by atoms with Crippen molar-refractivity contribution in [1.82, 2.24) is 19.9 Å². The molecule has 4 nitrogen and oxygen atoms in total. The van der Waals surface area contributed by atoms with Crippen LogP contribution in [0.15, 0.2) is 18.5 Å². The molecule has 2 unspecified atom stereocenters. The van der Waals surface area contributed by atoms with Gasteiger partial charge in [-0.2, -0.15) is 5.10 Å². The van der Waals surface area contributed by atoms with E-state index in [1.807, 2.05) is 17.6 Å². The maximum Gasteiger partial charge on any atom is 0.155 e. The van der Waals surface area contributed by atoms with Crippen molar-refractivity contribution in [3.8, 4) is 0 Å². The van der Waals surface area contributed by atoms with Crippen LogP contribution in [0.5, 0.6) is 0 Å². The van der Waals surface area contributed by atoms with Crippen LogP contribution in [-0.4, -0.2) is 27.7 Å². The number of rotatable bonds is 3. The van der Waals surface area contributed by atoms with Crippen LogP contribution < -0.4 is 5.32 Å². The maximum absolute atomic E-state index is 4.28. The van der Waals surface area contributed by atoms with Gasteiger partial charge >= 0.3 is 0 Å². The minimum Gasteiger partial charge on any atom is -0.317 e. The van der Waals surface area contributed by atoms with Crippen molar-refractivity contribution in [2.75, 3.05) is 7.05 Å². The summed E-state index contributed by atoms with van der Waals surface area (Å²) in [4.78, 5) is 4.24. The first kappa shape index (κ1) is 11.1. The molecule has 0 saturated heterocycles. The lowest BCUT2D eigenvalue weighted by Crippen LogP contribution is -2.28. The third kappa shape index (κ3) is 1.80. The first-order chi connectivity index (χ1) is 7.63. The molecule has 0 aliphatic heterocycles. The monoisotopic (exact) mass is 218 g/mol. The molecule has 0 aliphatic rings. The third-order valence-corrected chi connectivity index (χ3v) is 3.22. The minimum atomic E-state index is 0.397. The number of nitrogens with one attached hydrogen (secondary N) is 1. The Balaban J connectivity index is 2.53. The van der Waals surface area contributed by atoms with E-state index in [1.165, 1.54) is 11.3 Å². The van der Waals surface area contributed by atoms with Gasteiger partial charge in [-0.3, -0.25) is 0 Å². The summed E-state index contributed by atoms with van der Waals surface area (Å²) >= 11 is 0. The molecule has 86 valence electrons. The summed E-state index contributed by atoms with van der Waals surface area (Å²) in [6, 6.07) is 4.64. The summed E-state index contributed by atoms with van der Waals surface area (Å²) in [5, 5.41) is 7.55. The van der Waals surface area contributed by atoms with Crippen LogP contribution in [-0.2, 0) is 0 Å². The van der Waals surface area contributed by atoms with Gasteiger partial charge in [0.15, 0.2) is 5.65 Å². The van der Waals surface area contributed by atoms with Crippen LogP contribution in [0.25, 0.3) is 5.65 Å². The fourth-order valence-electron chi connectivity index (χ4n) is 1.92. The van der Waals surface area contributed by atoms with Gasteiger partial charge in [0.2, 0.25) is 0 Å². The minimum absolute atomic E-state index is 0.397. The summed E-state index contributed by atoms with van der Waals surface area (Å²) < 4.78 is 1.92. The van der Waals surface area contributed by atoms with Gasteiger partial charge in [0.05, 0.1) is 0 Å². The molecule has 0 saturated carbocycles. The highest BCUT2D eigenvalue weighted by molar-refractivity contribution is 5.42. The largest absolute Gasteiger partial charge is 0.317 e. The predicted molar refractivity (Wildman–Crippen MR) is 64.7 cm³/mol. The van der Waals surface area contributed by atoms with E-state index >= 15 is 0 Å². The fourth-order valence-corrected chi connectivity index (χ4v) is 1.92. The van der Waals surface area contributed by atoms with Gasteiger partial charge in [-0.25, -0.2) is 9.50 Å². The molecule has 0 aliphatic carbocycles. The van der Waals surface area contributed by atoms with E-state index in [-0.39, 0.29) is 0 Å². The van der Waals surface area contributed by atoms with Crippen LogP contribution in [0.1, 0.15) is 31.0 Å². The Kier molecular flexibility index (Phi) is 2.92. The molecule has 1 N–H and O–H groups in total. The van der Waals surface area contributed by atoms with Crippen LogP contribution in [0, 0.1) is 6.92 Å². The summed E-state index contributed by atoms with van der Waals surface area (Å²) in [6.45, 7) is 6.47. The van der Waals surface area contributed by atoms with Gasteiger partial charge in [-0.15, -0.1) is 0 Å². The Morgan fingerprint density at radius 3 is 2.75 bits per heavy atom. The second kappa shape index (κ2) is 4.22. The van der Waals surface area contributed by atoms with Crippen LogP contribution in [0.2, 0.25) is 0 Å². The lowest BCUT2D eigenvalue weighted by Gasteiger charge is -2.20. The quantitative estimate of drug-likeness (QED) is 0.853. The van der Waals surface area contributed by atoms with Crippen molar-refractivity contribution in [3.05, 3.63) is 29.7 Å². The molecule has 0 fully saturated rings. The molecule has 0 aromatic carbocycles. The van der Waals surface area contributed by atoms with Crippen molar-refractivity contribution in [1.29, 1.82) is 0 Å². The average Bonchev–Trinajstić information content (AvgIpc) is 2.73. The van der Waals surface area contributed by atoms with Crippen LogP contribution in [0.3, 0.4) is 0 Å². The third-order valence-electron chi connectivity index (χ3n) is 3.22. The number of pyridine rings is 1. The smallest absolute Gasteiger partial charge is 0.155 e. The second-order valence-electron chi connectivity index (χ2n) is 4.35. The molecule has 0 spiro atoms. The SMILES string of the molecule is CNC(C)C(C)c1cc(C)cc2ncnn12. The summed E-state index contributed by atoms with van der Waals surface area (Å²) in [5.74, 6) is 0.397. The molecule has 0 radical (unpaired) electrons. The van der Waals surface area contributed by atoms with Gasteiger partial charge < -0.3 is 5.32 Å². The summed E-state index contributed by atoms with van der Waals surface area (Å²) in [7, 11) is 1.98. The van der Waals surface area contributed by atoms with E-state index < -0.39 is 0 Å². The van der Waals surface area contributed by atoms with Crippen molar-refractivity contribution < 1.29 is 0 Å². The Bertz CT molecular complexity index is 489. The van der Waals surface area contributed by atoms with E-state index in [9.17, 15) is 0 Å². The van der Waals surface area contributed by atoms with E-state index in [2.05, 4.69) is 42.2 Å². The van der Waals surface area contributed by atoms with Crippen molar-refractivity contribution in [2.24, 2.45) is 0 Å². The topological polar surface area (TPSA) is 42.2 Å². The van der Waals surface area contributed by atoms with E-state index in [0.29, 0.717) is 12.0 Å². The van der Waals surface area contributed by atoms with Gasteiger partial charge in [-0.05, 0) is 38.6 Å². The molecular formula is C12H18N4. The summed E-state index contributed by atoms with van der Waals surface area (Å²) in [6.07, 6.45) is 1.61. The lowest BCUT2D eigenvalue weighted by atomic mass is 9.98. The van der Waals surface area contributed by atoms with Gasteiger partial charge in [0.1, 0.15) is 6.33 Å². The first-order valence-corrected chi connectivity index (χ1v) is 5.61. The molecule has 16 heavy (non-hydrogen) atoms. The first-order valence-electron chi connectivity index (χ1n) is 5.61. The number of hydrogen-bond acceptors (Lipinski definition) is 3. The highest BCUT2D eigenvalue weighted by Crippen LogP contribution is 2.20. The predicted octanol–water partition coefficient (Wildman–Crippen LogP) is 1.75. The molecule has 0 bridgehead atoms. The molecule has 4 heteroatoms. The highest BCUT2D eigenvalue weighted by Gasteiger charge is 2.16. The molecular weight excluding hydrogens is 200 g/mol. The van der Waals surface area contributed by atoms with Crippen molar-refractivity contribution in [3.63, 3.8) is 0 Å². The van der Waals surface area contributed by atoms with Crippen LogP contribution in [0.4, 0.5) is 0 Å².